The number of amides is 1. The highest BCUT2D eigenvalue weighted by molar-refractivity contribution is 5.92. The van der Waals surface area contributed by atoms with Gasteiger partial charge in [0.15, 0.2) is 0 Å². The Morgan fingerprint density at radius 2 is 1.96 bits per heavy atom. The lowest BCUT2D eigenvalue weighted by Crippen LogP contribution is -2.34. The summed E-state index contributed by atoms with van der Waals surface area (Å²) in [5, 5.41) is 2.96. The Morgan fingerprint density at radius 1 is 1.23 bits per heavy atom. The van der Waals surface area contributed by atoms with Crippen LogP contribution in [-0.2, 0) is 4.79 Å². The molecular formula is C21H27N3O2. The first-order valence-electron chi connectivity index (χ1n) is 9.20. The van der Waals surface area contributed by atoms with Crippen molar-refractivity contribution in [3.8, 4) is 5.75 Å². The van der Waals surface area contributed by atoms with Gasteiger partial charge in [-0.2, -0.15) is 0 Å². The van der Waals surface area contributed by atoms with Crippen LogP contribution in [-0.4, -0.2) is 35.5 Å². The molecule has 0 unspecified atom stereocenters. The topological polar surface area (TPSA) is 54.5 Å². The van der Waals surface area contributed by atoms with Crippen LogP contribution in [0.25, 0.3) is 0 Å². The molecule has 1 aliphatic rings. The van der Waals surface area contributed by atoms with Crippen LogP contribution in [0, 0.1) is 5.92 Å². The first-order chi connectivity index (χ1) is 12.5. The number of ether oxygens (including phenoxy) is 1. The second-order valence-electron chi connectivity index (χ2n) is 7.19. The van der Waals surface area contributed by atoms with Crippen LogP contribution in [0.1, 0.15) is 38.4 Å². The molecule has 26 heavy (non-hydrogen) atoms. The molecule has 0 bridgehead atoms. The zero-order chi connectivity index (χ0) is 18.5. The number of aromatic nitrogens is 1. The molecule has 5 nitrogen and oxygen atoms in total. The summed E-state index contributed by atoms with van der Waals surface area (Å²) in [5.41, 5.74) is 1.82. The molecule has 1 aliphatic carbocycles. The van der Waals surface area contributed by atoms with Crippen molar-refractivity contribution < 1.29 is 9.53 Å². The minimum Gasteiger partial charge on any atom is -0.491 e. The molecule has 2 aromatic rings. The molecule has 1 N–H and O–H groups in total. The standard InChI is InChI=1S/C21H27N3O2/c1-15(2)26-18-11-9-17(10-12-18)23-20(25)14-24(3)21(16-7-8-16)19-6-4-5-13-22-19/h4-6,9-13,15-16,21H,7-8,14H2,1-3H3,(H,23,25)/t21-/m0/s1. The van der Waals surface area contributed by atoms with Crippen LogP contribution >= 0.6 is 0 Å². The van der Waals surface area contributed by atoms with Gasteiger partial charge in [0.05, 0.1) is 24.4 Å². The summed E-state index contributed by atoms with van der Waals surface area (Å²) in [6, 6.07) is 13.7. The van der Waals surface area contributed by atoms with Gasteiger partial charge in [0.2, 0.25) is 5.91 Å². The molecule has 1 saturated carbocycles. The molecule has 1 aromatic heterocycles. The minimum absolute atomic E-state index is 0.0217. The molecule has 1 aromatic carbocycles. The van der Waals surface area contributed by atoms with Crippen molar-refractivity contribution in [2.45, 2.75) is 38.8 Å². The van der Waals surface area contributed by atoms with Crippen LogP contribution in [0.2, 0.25) is 0 Å². The van der Waals surface area contributed by atoms with Crippen LogP contribution in [0.5, 0.6) is 5.75 Å². The fraction of sp³-hybridized carbons (Fsp3) is 0.429. The maximum atomic E-state index is 12.5. The molecule has 138 valence electrons. The average Bonchev–Trinajstić information content (AvgIpc) is 3.42. The van der Waals surface area contributed by atoms with Crippen molar-refractivity contribution in [2.24, 2.45) is 5.92 Å². The van der Waals surface area contributed by atoms with Gasteiger partial charge in [-0.25, -0.2) is 0 Å². The van der Waals surface area contributed by atoms with Gasteiger partial charge in [-0.05, 0) is 76.1 Å². The number of benzene rings is 1. The summed E-state index contributed by atoms with van der Waals surface area (Å²) < 4.78 is 5.62. The third-order valence-corrected chi connectivity index (χ3v) is 4.44. The van der Waals surface area contributed by atoms with Gasteiger partial charge in [0, 0.05) is 11.9 Å². The highest BCUT2D eigenvalue weighted by Crippen LogP contribution is 2.43. The normalized spacial score (nSPS) is 15.1. The van der Waals surface area contributed by atoms with Crippen molar-refractivity contribution >= 4 is 11.6 Å². The van der Waals surface area contributed by atoms with Crippen molar-refractivity contribution in [3.63, 3.8) is 0 Å². The predicted molar refractivity (Wildman–Crippen MR) is 103 cm³/mol. The lowest BCUT2D eigenvalue weighted by molar-refractivity contribution is -0.117. The summed E-state index contributed by atoms with van der Waals surface area (Å²) in [6.07, 6.45) is 4.35. The van der Waals surface area contributed by atoms with E-state index in [1.807, 2.05) is 69.6 Å². The number of hydrogen-bond acceptors (Lipinski definition) is 4. The van der Waals surface area contributed by atoms with E-state index in [0.717, 1.165) is 17.1 Å². The zero-order valence-electron chi connectivity index (χ0n) is 15.7. The quantitative estimate of drug-likeness (QED) is 0.782. The Kier molecular flexibility index (Phi) is 5.89. The van der Waals surface area contributed by atoms with E-state index in [2.05, 4.69) is 15.2 Å². The Hall–Kier alpha value is -2.40. The largest absolute Gasteiger partial charge is 0.491 e. The molecule has 1 atom stereocenters. The van der Waals surface area contributed by atoms with E-state index in [0.29, 0.717) is 12.5 Å². The fourth-order valence-corrected chi connectivity index (χ4v) is 3.20. The lowest BCUT2D eigenvalue weighted by atomic mass is 10.1. The number of rotatable bonds is 8. The molecule has 0 spiro atoms. The monoisotopic (exact) mass is 353 g/mol. The van der Waals surface area contributed by atoms with Gasteiger partial charge < -0.3 is 10.1 Å². The van der Waals surface area contributed by atoms with Crippen LogP contribution in [0.15, 0.2) is 48.7 Å². The molecule has 0 saturated heterocycles. The summed E-state index contributed by atoms with van der Waals surface area (Å²) in [4.78, 5) is 19.1. The number of carbonyl (C=O) groups excluding carboxylic acids is 1. The SMILES string of the molecule is CC(C)Oc1ccc(NC(=O)CN(C)[C@H](c2ccccn2)C2CC2)cc1. The van der Waals surface area contributed by atoms with Crippen molar-refractivity contribution in [2.75, 3.05) is 18.9 Å². The van der Waals surface area contributed by atoms with E-state index < -0.39 is 0 Å². The second kappa shape index (κ2) is 8.32. The third kappa shape index (κ3) is 5.05. The van der Waals surface area contributed by atoms with Gasteiger partial charge >= 0.3 is 0 Å². The summed E-state index contributed by atoms with van der Waals surface area (Å²) in [6.45, 7) is 4.31. The van der Waals surface area contributed by atoms with Gasteiger partial charge in [0.1, 0.15) is 5.75 Å². The number of nitrogens with zero attached hydrogens (tertiary/aromatic N) is 2. The Bertz CT molecular complexity index is 712. The highest BCUT2D eigenvalue weighted by Gasteiger charge is 2.36. The number of likely N-dealkylation sites (N-methyl/N-ethyl adjacent to an activating group) is 1. The molecule has 0 aliphatic heterocycles. The predicted octanol–water partition coefficient (Wildman–Crippen LogP) is 3.89. The number of pyridine rings is 1. The summed E-state index contributed by atoms with van der Waals surface area (Å²) in [7, 11) is 2.00. The fourth-order valence-electron chi connectivity index (χ4n) is 3.20. The number of anilines is 1. The summed E-state index contributed by atoms with van der Waals surface area (Å²) >= 11 is 0. The molecular weight excluding hydrogens is 326 g/mol. The van der Waals surface area contributed by atoms with E-state index in [1.165, 1.54) is 12.8 Å². The molecule has 1 heterocycles. The van der Waals surface area contributed by atoms with E-state index >= 15 is 0 Å². The number of carbonyl (C=O) groups is 1. The summed E-state index contributed by atoms with van der Waals surface area (Å²) in [5.74, 6) is 1.38. The van der Waals surface area contributed by atoms with E-state index in [1.54, 1.807) is 0 Å². The Balaban J connectivity index is 1.58. The van der Waals surface area contributed by atoms with Crippen LogP contribution in [0.4, 0.5) is 5.69 Å². The van der Waals surface area contributed by atoms with E-state index in [9.17, 15) is 4.79 Å². The van der Waals surface area contributed by atoms with Gasteiger partial charge in [0.25, 0.3) is 0 Å². The minimum atomic E-state index is -0.0217. The van der Waals surface area contributed by atoms with Gasteiger partial charge in [-0.3, -0.25) is 14.7 Å². The van der Waals surface area contributed by atoms with Crippen molar-refractivity contribution in [1.82, 2.24) is 9.88 Å². The van der Waals surface area contributed by atoms with E-state index in [-0.39, 0.29) is 18.1 Å². The first kappa shape index (κ1) is 18.4. The maximum Gasteiger partial charge on any atom is 0.238 e. The molecule has 0 radical (unpaired) electrons. The van der Waals surface area contributed by atoms with Gasteiger partial charge in [-0.15, -0.1) is 0 Å². The average molecular weight is 353 g/mol. The first-order valence-corrected chi connectivity index (χ1v) is 9.20. The van der Waals surface area contributed by atoms with Crippen molar-refractivity contribution in [3.05, 3.63) is 54.4 Å². The zero-order valence-corrected chi connectivity index (χ0v) is 15.7. The highest BCUT2D eigenvalue weighted by atomic mass is 16.5. The second-order valence-corrected chi connectivity index (χ2v) is 7.19. The smallest absolute Gasteiger partial charge is 0.238 e. The van der Waals surface area contributed by atoms with Crippen LogP contribution < -0.4 is 10.1 Å². The van der Waals surface area contributed by atoms with Gasteiger partial charge in [-0.1, -0.05) is 6.07 Å². The Morgan fingerprint density at radius 3 is 2.54 bits per heavy atom. The van der Waals surface area contributed by atoms with E-state index in [4.69, 9.17) is 4.74 Å². The molecule has 1 amide bonds. The maximum absolute atomic E-state index is 12.5. The Labute approximate surface area is 155 Å². The van der Waals surface area contributed by atoms with Crippen LogP contribution in [0.3, 0.4) is 0 Å². The lowest BCUT2D eigenvalue weighted by Gasteiger charge is -2.27. The number of nitrogens with one attached hydrogen (secondary N) is 1. The number of hydrogen-bond donors (Lipinski definition) is 1. The molecule has 3 rings (SSSR count). The molecule has 1 fully saturated rings. The molecule has 5 heteroatoms. The van der Waals surface area contributed by atoms with Crippen molar-refractivity contribution in [1.29, 1.82) is 0 Å². The third-order valence-electron chi connectivity index (χ3n) is 4.44.